The number of unbranched alkanes of at least 4 members (excludes halogenated alkanes) is 1. The van der Waals surface area contributed by atoms with Crippen molar-refractivity contribution >= 4 is 35.3 Å². The molecule has 0 unspecified atom stereocenters. The zero-order chi connectivity index (χ0) is 28.4. The van der Waals surface area contributed by atoms with Crippen LogP contribution in [-0.4, -0.2) is 51.9 Å². The number of nitrogens with zero attached hydrogens (tertiary/aromatic N) is 2. The minimum atomic E-state index is -0.817. The minimum Gasteiger partial charge on any atom is -0.408 e. The molecule has 0 aliphatic rings. The number of pyridine rings is 1. The normalized spacial score (nSPS) is 14.2. The molecule has 0 bridgehead atoms. The maximum absolute atomic E-state index is 12.8. The van der Waals surface area contributed by atoms with E-state index in [-0.39, 0.29) is 36.1 Å². The number of aliphatic hydroxyl groups is 1. The minimum absolute atomic E-state index is 0. The number of benzene rings is 1. The van der Waals surface area contributed by atoms with Crippen molar-refractivity contribution in [2.24, 2.45) is 23.5 Å². The molecule has 2 aromatic heterocycles. The van der Waals surface area contributed by atoms with Crippen LogP contribution in [0.3, 0.4) is 0 Å². The predicted octanol–water partition coefficient (Wildman–Crippen LogP) is 4.83. The lowest BCUT2D eigenvalue weighted by Crippen LogP contribution is -2.43. The van der Waals surface area contributed by atoms with Gasteiger partial charge in [-0.25, -0.2) is 9.78 Å². The van der Waals surface area contributed by atoms with Gasteiger partial charge in [0.05, 0.1) is 17.8 Å². The first-order chi connectivity index (χ1) is 18.7. The molecule has 1 aromatic carbocycles. The summed E-state index contributed by atoms with van der Waals surface area (Å²) in [4.78, 5) is 29.5. The van der Waals surface area contributed by atoms with E-state index in [1.165, 1.54) is 0 Å². The second-order valence-electron chi connectivity index (χ2n) is 10.6. The Bertz CT molecular complexity index is 1200. The summed E-state index contributed by atoms with van der Waals surface area (Å²) in [5.41, 5.74) is 7.22. The van der Waals surface area contributed by atoms with Crippen LogP contribution in [0.1, 0.15) is 53.4 Å². The first-order valence-electron chi connectivity index (χ1n) is 13.9. The van der Waals surface area contributed by atoms with E-state index in [9.17, 15) is 14.7 Å². The van der Waals surface area contributed by atoms with Gasteiger partial charge in [-0.05, 0) is 55.4 Å². The molecule has 5 N–H and O–H groups in total. The number of rotatable bonds is 14. The summed E-state index contributed by atoms with van der Waals surface area (Å²) in [5.74, 6) is 0.998. The summed E-state index contributed by atoms with van der Waals surface area (Å²) in [7, 11) is 0. The largest absolute Gasteiger partial charge is 0.412 e. The molecule has 9 nitrogen and oxygen atoms in total. The number of nitrogens with one attached hydrogen (secondary N) is 2. The van der Waals surface area contributed by atoms with Crippen LogP contribution in [0, 0.1) is 17.8 Å². The topological polar surface area (TPSA) is 132 Å². The van der Waals surface area contributed by atoms with E-state index in [1.807, 2.05) is 47.0 Å². The predicted molar refractivity (Wildman–Crippen MR) is 161 cm³/mol. The van der Waals surface area contributed by atoms with Crippen LogP contribution in [0.15, 0.2) is 54.9 Å². The van der Waals surface area contributed by atoms with Crippen molar-refractivity contribution in [1.82, 2.24) is 20.2 Å². The third-order valence-corrected chi connectivity index (χ3v) is 7.17. The van der Waals surface area contributed by atoms with Gasteiger partial charge in [0.25, 0.3) is 0 Å². The molecule has 0 spiro atoms. The van der Waals surface area contributed by atoms with Gasteiger partial charge >= 0.3 is 6.09 Å². The third kappa shape index (κ3) is 9.21. The Morgan fingerprint density at radius 1 is 1.07 bits per heavy atom. The van der Waals surface area contributed by atoms with Crippen LogP contribution in [0.5, 0.6) is 5.75 Å². The molecule has 40 heavy (non-hydrogen) atoms. The van der Waals surface area contributed by atoms with Gasteiger partial charge in [0.1, 0.15) is 5.82 Å². The maximum atomic E-state index is 12.8. The number of hydrogen-bond acceptors (Lipinski definition) is 6. The molecule has 3 rings (SSSR count). The molecule has 0 radical (unpaired) electrons. The first kappa shape index (κ1) is 33.1. The molecule has 0 aliphatic heterocycles. The zero-order valence-corrected chi connectivity index (χ0v) is 24.7. The Hall–Kier alpha value is -3.14. The van der Waals surface area contributed by atoms with E-state index in [0.29, 0.717) is 31.7 Å². The smallest absolute Gasteiger partial charge is 0.408 e. The van der Waals surface area contributed by atoms with E-state index >= 15 is 0 Å². The van der Waals surface area contributed by atoms with Crippen molar-refractivity contribution in [2.45, 2.75) is 65.5 Å². The molecule has 0 saturated heterocycles. The van der Waals surface area contributed by atoms with Crippen LogP contribution in [-0.2, 0) is 4.79 Å². The van der Waals surface area contributed by atoms with E-state index < -0.39 is 18.2 Å². The molecular formula is C30H44ClN5O4. The van der Waals surface area contributed by atoms with Crippen molar-refractivity contribution in [3.05, 3.63) is 54.9 Å². The molecule has 220 valence electrons. The molecule has 10 heteroatoms. The highest BCUT2D eigenvalue weighted by atomic mass is 35.5. The van der Waals surface area contributed by atoms with Gasteiger partial charge in [0.2, 0.25) is 5.91 Å². The van der Waals surface area contributed by atoms with Crippen molar-refractivity contribution in [1.29, 1.82) is 0 Å². The Morgan fingerprint density at radius 3 is 2.48 bits per heavy atom. The monoisotopic (exact) mass is 573 g/mol. The number of carbonyl (C=O) groups excluding carboxylic acids is 2. The summed E-state index contributed by atoms with van der Waals surface area (Å²) in [6, 6.07) is 12.8. The second-order valence-corrected chi connectivity index (χ2v) is 10.6. The van der Waals surface area contributed by atoms with E-state index in [2.05, 4.69) is 36.4 Å². The van der Waals surface area contributed by atoms with E-state index in [0.717, 1.165) is 29.6 Å². The molecule has 2 amide bonds. The fourth-order valence-electron chi connectivity index (χ4n) is 4.57. The number of para-hydroxylation sites is 1. The van der Waals surface area contributed by atoms with Crippen LogP contribution >= 0.6 is 12.4 Å². The van der Waals surface area contributed by atoms with Crippen LogP contribution in [0.2, 0.25) is 0 Å². The third-order valence-electron chi connectivity index (χ3n) is 7.17. The van der Waals surface area contributed by atoms with Gasteiger partial charge in [-0.3, -0.25) is 9.36 Å². The Labute approximate surface area is 243 Å². The summed E-state index contributed by atoms with van der Waals surface area (Å²) in [6.45, 7) is 8.98. The molecule has 0 aliphatic carbocycles. The zero-order valence-electron chi connectivity index (χ0n) is 23.9. The fourth-order valence-corrected chi connectivity index (χ4v) is 4.57. The number of aromatic nitrogens is 2. The summed E-state index contributed by atoms with van der Waals surface area (Å²) in [6.07, 6.45) is 4.83. The number of carbonyl (C=O) groups is 2. The van der Waals surface area contributed by atoms with Gasteiger partial charge in [0, 0.05) is 36.6 Å². The average Bonchev–Trinajstić information content (AvgIpc) is 3.29. The molecule has 2 heterocycles. The van der Waals surface area contributed by atoms with Gasteiger partial charge in [-0.1, -0.05) is 52.3 Å². The number of aliphatic hydroxyl groups excluding tert-OH is 1. The molecule has 4 atom stereocenters. The summed E-state index contributed by atoms with van der Waals surface area (Å²) >= 11 is 0. The molecule has 0 saturated carbocycles. The number of hydrogen-bond donors (Lipinski definition) is 4. The number of halogens is 1. The van der Waals surface area contributed by atoms with Crippen LogP contribution < -0.4 is 21.1 Å². The number of amides is 2. The molecule has 0 fully saturated rings. The van der Waals surface area contributed by atoms with Crippen molar-refractivity contribution in [2.75, 3.05) is 13.1 Å². The van der Waals surface area contributed by atoms with Crippen molar-refractivity contribution in [3.63, 3.8) is 0 Å². The van der Waals surface area contributed by atoms with Crippen molar-refractivity contribution < 1.29 is 19.4 Å². The SMILES string of the molecule is CCCCNC(=O)[C@H](C)C[C@H](O)[C@@H](N)C[C@@H](CNC(=O)Oc1cn(-c2ccccn2)c2ccccc12)C(C)C.Cl. The van der Waals surface area contributed by atoms with Gasteiger partial charge in [0.15, 0.2) is 5.75 Å². The van der Waals surface area contributed by atoms with Gasteiger partial charge in [-0.15, -0.1) is 12.4 Å². The summed E-state index contributed by atoms with van der Waals surface area (Å²) in [5, 5.41) is 17.3. The van der Waals surface area contributed by atoms with Gasteiger partial charge < -0.3 is 26.2 Å². The highest BCUT2D eigenvalue weighted by Gasteiger charge is 2.26. The van der Waals surface area contributed by atoms with Gasteiger partial charge in [-0.2, -0.15) is 0 Å². The molecule has 3 aromatic rings. The average molecular weight is 574 g/mol. The standard InChI is InChI=1S/C30H43N5O4.ClH/c1-5-6-14-33-29(37)21(4)16-26(36)24(31)17-22(20(2)3)18-34-30(38)39-27-19-35(28-13-9-10-15-32-28)25-12-8-7-11-23(25)27;/h7-13,15,19-22,24,26,36H,5-6,14,16-18,31H2,1-4H3,(H,33,37)(H,34,38);1H/t21-,22+,24+,26+;/m1./s1. The number of fused-ring (bicyclic) bond motifs is 1. The fraction of sp³-hybridized carbons (Fsp3) is 0.500. The lowest BCUT2D eigenvalue weighted by Gasteiger charge is -2.28. The molecular weight excluding hydrogens is 530 g/mol. The highest BCUT2D eigenvalue weighted by molar-refractivity contribution is 5.90. The first-order valence-corrected chi connectivity index (χ1v) is 13.9. The number of ether oxygens (including phenoxy) is 1. The lowest BCUT2D eigenvalue weighted by atomic mass is 9.86. The lowest BCUT2D eigenvalue weighted by molar-refractivity contribution is -0.125. The second kappa shape index (κ2) is 16.2. The summed E-state index contributed by atoms with van der Waals surface area (Å²) < 4.78 is 7.60. The maximum Gasteiger partial charge on any atom is 0.412 e. The Kier molecular flexibility index (Phi) is 13.4. The number of nitrogens with two attached hydrogens (primary N) is 1. The Morgan fingerprint density at radius 2 is 1.80 bits per heavy atom. The quantitative estimate of drug-likeness (QED) is 0.204. The highest BCUT2D eigenvalue weighted by Crippen LogP contribution is 2.30. The van der Waals surface area contributed by atoms with Crippen LogP contribution in [0.4, 0.5) is 4.79 Å². The Balaban J connectivity index is 0.00000560. The van der Waals surface area contributed by atoms with Crippen molar-refractivity contribution in [3.8, 4) is 11.6 Å². The van der Waals surface area contributed by atoms with E-state index in [1.54, 1.807) is 19.3 Å². The van der Waals surface area contributed by atoms with Crippen LogP contribution in [0.25, 0.3) is 16.7 Å². The van der Waals surface area contributed by atoms with E-state index in [4.69, 9.17) is 10.5 Å².